The fourth-order valence-corrected chi connectivity index (χ4v) is 2.81. The van der Waals surface area contributed by atoms with Crippen LogP contribution in [0.15, 0.2) is 18.2 Å². The summed E-state index contributed by atoms with van der Waals surface area (Å²) in [7, 11) is 0. The third-order valence-electron chi connectivity index (χ3n) is 2.86. The molecule has 7 heteroatoms. The summed E-state index contributed by atoms with van der Waals surface area (Å²) in [5, 5.41) is 13.0. The standard InChI is InChI=1S/C14H15Cl2N3OS/c1-2-3-4-5-12-18-19-14(21-12)17-13(20)9-6-7-10(15)11(16)8-9/h6-8H,2-5H2,1H3,(H,17,19,20). The fraction of sp³-hybridized carbons (Fsp3) is 0.357. The van der Waals surface area contributed by atoms with Gasteiger partial charge in [0.2, 0.25) is 5.13 Å². The van der Waals surface area contributed by atoms with E-state index in [0.29, 0.717) is 20.7 Å². The smallest absolute Gasteiger partial charge is 0.257 e. The molecular weight excluding hydrogens is 329 g/mol. The number of amides is 1. The van der Waals surface area contributed by atoms with Crippen LogP contribution in [-0.4, -0.2) is 16.1 Å². The lowest BCUT2D eigenvalue weighted by molar-refractivity contribution is 0.102. The molecule has 4 nitrogen and oxygen atoms in total. The molecule has 0 unspecified atom stereocenters. The average Bonchev–Trinajstić information content (AvgIpc) is 2.89. The van der Waals surface area contributed by atoms with Crippen molar-refractivity contribution in [3.63, 3.8) is 0 Å². The van der Waals surface area contributed by atoms with E-state index in [1.54, 1.807) is 12.1 Å². The number of rotatable bonds is 6. The highest BCUT2D eigenvalue weighted by molar-refractivity contribution is 7.15. The first kappa shape index (κ1) is 16.2. The van der Waals surface area contributed by atoms with Crippen LogP contribution < -0.4 is 5.32 Å². The number of unbranched alkanes of at least 4 members (excludes halogenated alkanes) is 2. The van der Waals surface area contributed by atoms with E-state index < -0.39 is 0 Å². The van der Waals surface area contributed by atoms with E-state index in [4.69, 9.17) is 23.2 Å². The molecule has 0 fully saturated rings. The molecule has 21 heavy (non-hydrogen) atoms. The monoisotopic (exact) mass is 343 g/mol. The lowest BCUT2D eigenvalue weighted by atomic mass is 10.2. The van der Waals surface area contributed by atoms with Gasteiger partial charge >= 0.3 is 0 Å². The minimum Gasteiger partial charge on any atom is -0.296 e. The minimum absolute atomic E-state index is 0.273. The van der Waals surface area contributed by atoms with E-state index in [-0.39, 0.29) is 5.91 Å². The van der Waals surface area contributed by atoms with E-state index in [2.05, 4.69) is 22.4 Å². The third-order valence-corrected chi connectivity index (χ3v) is 4.50. The SMILES string of the molecule is CCCCCc1nnc(NC(=O)c2ccc(Cl)c(Cl)c2)s1. The molecule has 0 aliphatic carbocycles. The van der Waals surface area contributed by atoms with Gasteiger partial charge in [-0.2, -0.15) is 0 Å². The van der Waals surface area contributed by atoms with Crippen molar-refractivity contribution < 1.29 is 4.79 Å². The van der Waals surface area contributed by atoms with Crippen LogP contribution in [0.2, 0.25) is 10.0 Å². The van der Waals surface area contributed by atoms with Crippen LogP contribution in [0, 0.1) is 0 Å². The van der Waals surface area contributed by atoms with Gasteiger partial charge in [-0.05, 0) is 24.6 Å². The number of nitrogens with zero attached hydrogens (tertiary/aromatic N) is 2. The number of carbonyl (C=O) groups excluding carboxylic acids is 1. The van der Waals surface area contributed by atoms with Crippen LogP contribution >= 0.6 is 34.5 Å². The lowest BCUT2D eigenvalue weighted by Gasteiger charge is -2.02. The van der Waals surface area contributed by atoms with Crippen molar-refractivity contribution in [2.75, 3.05) is 5.32 Å². The molecule has 0 saturated heterocycles. The Morgan fingerprint density at radius 3 is 2.76 bits per heavy atom. The topological polar surface area (TPSA) is 54.9 Å². The number of nitrogens with one attached hydrogen (secondary N) is 1. The van der Waals surface area contributed by atoms with Crippen molar-refractivity contribution in [2.24, 2.45) is 0 Å². The molecule has 0 aliphatic rings. The van der Waals surface area contributed by atoms with Gasteiger partial charge in [0.1, 0.15) is 5.01 Å². The maximum absolute atomic E-state index is 12.1. The van der Waals surface area contributed by atoms with Crippen LogP contribution in [0.4, 0.5) is 5.13 Å². The molecule has 1 aromatic heterocycles. The molecule has 1 amide bonds. The fourth-order valence-electron chi connectivity index (χ4n) is 1.74. The molecule has 0 aliphatic heterocycles. The molecule has 2 aromatic rings. The summed E-state index contributed by atoms with van der Waals surface area (Å²) in [6.07, 6.45) is 4.32. The van der Waals surface area contributed by atoms with Gasteiger partial charge in [0, 0.05) is 12.0 Å². The number of anilines is 1. The molecule has 0 spiro atoms. The Morgan fingerprint density at radius 2 is 2.05 bits per heavy atom. The van der Waals surface area contributed by atoms with E-state index in [1.165, 1.54) is 30.2 Å². The first-order valence-electron chi connectivity index (χ1n) is 6.69. The minimum atomic E-state index is -0.273. The van der Waals surface area contributed by atoms with Crippen molar-refractivity contribution >= 4 is 45.6 Å². The molecule has 2 rings (SSSR count). The van der Waals surface area contributed by atoms with Gasteiger partial charge < -0.3 is 0 Å². The van der Waals surface area contributed by atoms with Gasteiger partial charge in [-0.3, -0.25) is 10.1 Å². The van der Waals surface area contributed by atoms with Crippen molar-refractivity contribution in [1.29, 1.82) is 0 Å². The highest BCUT2D eigenvalue weighted by atomic mass is 35.5. The summed E-state index contributed by atoms with van der Waals surface area (Å²) in [5.41, 5.74) is 0.437. The highest BCUT2D eigenvalue weighted by Crippen LogP contribution is 2.24. The van der Waals surface area contributed by atoms with Crippen LogP contribution in [0.1, 0.15) is 41.6 Å². The summed E-state index contributed by atoms with van der Waals surface area (Å²) in [6, 6.07) is 4.74. The molecule has 0 atom stereocenters. The Kier molecular flexibility index (Phi) is 5.96. The molecule has 0 bridgehead atoms. The van der Waals surface area contributed by atoms with E-state index in [9.17, 15) is 4.79 Å². The number of aryl methyl sites for hydroxylation is 1. The van der Waals surface area contributed by atoms with Gasteiger partial charge in [0.15, 0.2) is 0 Å². The van der Waals surface area contributed by atoms with Crippen molar-refractivity contribution in [2.45, 2.75) is 32.6 Å². The maximum atomic E-state index is 12.1. The normalized spacial score (nSPS) is 10.6. The lowest BCUT2D eigenvalue weighted by Crippen LogP contribution is -2.11. The van der Waals surface area contributed by atoms with E-state index in [1.807, 2.05) is 0 Å². The average molecular weight is 344 g/mol. The zero-order chi connectivity index (χ0) is 15.2. The van der Waals surface area contributed by atoms with Gasteiger partial charge in [-0.1, -0.05) is 54.3 Å². The summed E-state index contributed by atoms with van der Waals surface area (Å²) in [4.78, 5) is 12.1. The quantitative estimate of drug-likeness (QED) is 0.764. The van der Waals surface area contributed by atoms with Crippen LogP contribution in [0.5, 0.6) is 0 Å². The second-order valence-electron chi connectivity index (χ2n) is 4.54. The van der Waals surface area contributed by atoms with Crippen LogP contribution in [0.25, 0.3) is 0 Å². The van der Waals surface area contributed by atoms with Crippen LogP contribution in [0.3, 0.4) is 0 Å². The number of benzene rings is 1. The van der Waals surface area contributed by atoms with E-state index in [0.717, 1.165) is 17.8 Å². The number of hydrogen-bond acceptors (Lipinski definition) is 4. The van der Waals surface area contributed by atoms with Gasteiger partial charge in [0.25, 0.3) is 5.91 Å². The molecule has 1 aromatic carbocycles. The Bertz CT molecular complexity index is 630. The van der Waals surface area contributed by atoms with Gasteiger partial charge in [-0.15, -0.1) is 10.2 Å². The molecule has 0 saturated carbocycles. The Hall–Kier alpha value is -1.17. The maximum Gasteiger partial charge on any atom is 0.257 e. The molecule has 0 radical (unpaired) electrons. The first-order chi connectivity index (χ1) is 10.1. The number of halogens is 2. The van der Waals surface area contributed by atoms with Gasteiger partial charge in [0.05, 0.1) is 10.0 Å². The highest BCUT2D eigenvalue weighted by Gasteiger charge is 2.11. The van der Waals surface area contributed by atoms with Gasteiger partial charge in [-0.25, -0.2) is 0 Å². The summed E-state index contributed by atoms with van der Waals surface area (Å²) >= 11 is 13.1. The largest absolute Gasteiger partial charge is 0.296 e. The Balaban J connectivity index is 1.97. The molecular formula is C14H15Cl2N3OS. The second-order valence-corrected chi connectivity index (χ2v) is 6.42. The third kappa shape index (κ3) is 4.66. The van der Waals surface area contributed by atoms with Crippen molar-refractivity contribution in [1.82, 2.24) is 10.2 Å². The summed E-state index contributed by atoms with van der Waals surface area (Å²) in [6.45, 7) is 2.16. The van der Waals surface area contributed by atoms with Crippen molar-refractivity contribution in [3.8, 4) is 0 Å². The van der Waals surface area contributed by atoms with E-state index >= 15 is 0 Å². The molecule has 112 valence electrons. The van der Waals surface area contributed by atoms with Crippen LogP contribution in [-0.2, 0) is 6.42 Å². The van der Waals surface area contributed by atoms with Crippen molar-refractivity contribution in [3.05, 3.63) is 38.8 Å². The summed E-state index contributed by atoms with van der Waals surface area (Å²) in [5.74, 6) is -0.273. The molecule has 1 heterocycles. The Morgan fingerprint density at radius 1 is 1.24 bits per heavy atom. The number of hydrogen-bond donors (Lipinski definition) is 1. The predicted octanol–water partition coefficient (Wildman–Crippen LogP) is 4.83. The zero-order valence-electron chi connectivity index (χ0n) is 11.5. The molecule has 1 N–H and O–H groups in total. The zero-order valence-corrected chi connectivity index (χ0v) is 13.9. The second kappa shape index (κ2) is 7.73. The number of carbonyl (C=O) groups is 1. The number of aromatic nitrogens is 2. The summed E-state index contributed by atoms with van der Waals surface area (Å²) < 4.78 is 0. The predicted molar refractivity (Wildman–Crippen MR) is 87.6 cm³/mol. The Labute approximate surface area is 137 Å². The first-order valence-corrected chi connectivity index (χ1v) is 8.26.